The van der Waals surface area contributed by atoms with E-state index in [2.05, 4.69) is 53.1 Å². The van der Waals surface area contributed by atoms with E-state index in [1.165, 1.54) is 0 Å². The smallest absolute Gasteiger partial charge is 0.257 e. The number of carbonyl (C=O) groups excluding carboxylic acids is 1. The first-order valence-electron chi connectivity index (χ1n) is 5.29. The van der Waals surface area contributed by atoms with Gasteiger partial charge in [-0.3, -0.25) is 4.79 Å². The summed E-state index contributed by atoms with van der Waals surface area (Å²) in [5.41, 5.74) is 7.39. The average Bonchev–Trinajstić information content (AvgIpc) is 2.32. The third-order valence-electron chi connectivity index (χ3n) is 2.44. The fourth-order valence-electron chi connectivity index (χ4n) is 1.52. The van der Waals surface area contributed by atoms with Crippen LogP contribution in [-0.2, 0) is 0 Å². The molecule has 3 nitrogen and oxygen atoms in total. The normalized spacial score (nSPS) is 10.3. The van der Waals surface area contributed by atoms with Crippen molar-refractivity contribution in [3.05, 3.63) is 55.4 Å². The van der Waals surface area contributed by atoms with E-state index in [9.17, 15) is 4.79 Å². The number of benzene rings is 2. The van der Waals surface area contributed by atoms with Gasteiger partial charge in [0.2, 0.25) is 0 Å². The summed E-state index contributed by atoms with van der Waals surface area (Å²) in [7, 11) is 0. The van der Waals surface area contributed by atoms with Crippen molar-refractivity contribution >= 4 is 65.1 Å². The fourth-order valence-corrected chi connectivity index (χ4v) is 3.05. The Hall–Kier alpha value is -0.850. The number of rotatable bonds is 2. The Morgan fingerprint density at radius 2 is 1.63 bits per heavy atom. The van der Waals surface area contributed by atoms with Crippen LogP contribution in [-0.4, -0.2) is 5.91 Å². The van der Waals surface area contributed by atoms with E-state index in [-0.39, 0.29) is 5.91 Å². The van der Waals surface area contributed by atoms with Gasteiger partial charge in [0, 0.05) is 19.1 Å². The Balaban J connectivity index is 2.25. The molecule has 0 saturated carbocycles. The second-order valence-electron chi connectivity index (χ2n) is 3.81. The fraction of sp³-hybridized carbons (Fsp3) is 0. The minimum absolute atomic E-state index is 0.243. The highest BCUT2D eigenvalue weighted by Crippen LogP contribution is 2.27. The molecule has 6 heteroatoms. The SMILES string of the molecule is Nc1cc(Br)ccc1C(=O)Nc1ccc(Br)cc1Br. The number of carbonyl (C=O) groups is 1. The first-order valence-corrected chi connectivity index (χ1v) is 7.66. The Labute approximate surface area is 136 Å². The van der Waals surface area contributed by atoms with Crippen LogP contribution in [0.15, 0.2) is 49.8 Å². The summed E-state index contributed by atoms with van der Waals surface area (Å²) in [6.07, 6.45) is 0. The van der Waals surface area contributed by atoms with Gasteiger partial charge in [-0.1, -0.05) is 31.9 Å². The zero-order valence-electron chi connectivity index (χ0n) is 9.58. The summed E-state index contributed by atoms with van der Waals surface area (Å²) in [5.74, 6) is -0.243. The molecule has 3 N–H and O–H groups in total. The maximum Gasteiger partial charge on any atom is 0.257 e. The van der Waals surface area contributed by atoms with Gasteiger partial charge >= 0.3 is 0 Å². The number of nitrogens with two attached hydrogens (primary N) is 1. The largest absolute Gasteiger partial charge is 0.398 e. The molecule has 0 heterocycles. The van der Waals surface area contributed by atoms with Crippen LogP contribution in [0, 0.1) is 0 Å². The van der Waals surface area contributed by atoms with Crippen LogP contribution in [0.5, 0.6) is 0 Å². The van der Waals surface area contributed by atoms with Crippen molar-refractivity contribution in [2.24, 2.45) is 0 Å². The molecule has 1 amide bonds. The molecule has 0 aliphatic carbocycles. The first-order chi connectivity index (χ1) is 8.97. The molecule has 19 heavy (non-hydrogen) atoms. The van der Waals surface area contributed by atoms with Gasteiger partial charge in [-0.15, -0.1) is 0 Å². The van der Waals surface area contributed by atoms with Crippen molar-refractivity contribution in [1.29, 1.82) is 0 Å². The van der Waals surface area contributed by atoms with Crippen molar-refractivity contribution in [2.45, 2.75) is 0 Å². The Morgan fingerprint density at radius 1 is 1.00 bits per heavy atom. The highest BCUT2D eigenvalue weighted by atomic mass is 79.9. The lowest BCUT2D eigenvalue weighted by Gasteiger charge is -2.09. The van der Waals surface area contributed by atoms with Crippen molar-refractivity contribution in [3.8, 4) is 0 Å². The molecule has 0 bridgehead atoms. The van der Waals surface area contributed by atoms with E-state index >= 15 is 0 Å². The van der Waals surface area contributed by atoms with E-state index in [0.29, 0.717) is 16.9 Å². The predicted molar refractivity (Wildman–Crippen MR) is 88.3 cm³/mol. The molecular weight excluding hydrogens is 440 g/mol. The van der Waals surface area contributed by atoms with Crippen molar-refractivity contribution in [3.63, 3.8) is 0 Å². The lowest BCUT2D eigenvalue weighted by atomic mass is 10.1. The van der Waals surface area contributed by atoms with Crippen LogP contribution in [0.1, 0.15) is 10.4 Å². The molecule has 0 unspecified atom stereocenters. The third-order valence-corrected chi connectivity index (χ3v) is 4.08. The van der Waals surface area contributed by atoms with Crippen LogP contribution >= 0.6 is 47.8 Å². The highest BCUT2D eigenvalue weighted by molar-refractivity contribution is 9.11. The number of nitrogens with one attached hydrogen (secondary N) is 1. The zero-order chi connectivity index (χ0) is 14.0. The molecule has 0 fully saturated rings. The molecule has 0 atom stereocenters. The minimum atomic E-state index is -0.243. The Kier molecular flexibility index (Phi) is 4.65. The minimum Gasteiger partial charge on any atom is -0.398 e. The number of anilines is 2. The number of amides is 1. The lowest BCUT2D eigenvalue weighted by molar-refractivity contribution is 0.102. The Bertz CT molecular complexity index is 644. The quantitative estimate of drug-likeness (QED) is 0.648. The number of hydrogen-bond donors (Lipinski definition) is 2. The van der Waals surface area contributed by atoms with Crippen molar-refractivity contribution < 1.29 is 4.79 Å². The predicted octanol–water partition coefficient (Wildman–Crippen LogP) is 4.81. The summed E-state index contributed by atoms with van der Waals surface area (Å²) >= 11 is 10.1. The van der Waals surface area contributed by atoms with E-state index in [4.69, 9.17) is 5.73 Å². The second kappa shape index (κ2) is 6.07. The summed E-state index contributed by atoms with van der Waals surface area (Å²) in [4.78, 5) is 12.1. The van der Waals surface area contributed by atoms with E-state index in [1.807, 2.05) is 12.1 Å². The van der Waals surface area contributed by atoms with Gasteiger partial charge in [-0.2, -0.15) is 0 Å². The van der Waals surface area contributed by atoms with Gasteiger partial charge in [0.05, 0.1) is 11.3 Å². The third kappa shape index (κ3) is 3.58. The molecule has 0 saturated heterocycles. The molecule has 2 rings (SSSR count). The summed E-state index contributed by atoms with van der Waals surface area (Å²) < 4.78 is 2.57. The first kappa shape index (κ1) is 14.6. The second-order valence-corrected chi connectivity index (χ2v) is 6.50. The molecule has 0 spiro atoms. The molecule has 0 aliphatic heterocycles. The molecule has 0 aliphatic rings. The van der Waals surface area contributed by atoms with Crippen LogP contribution < -0.4 is 11.1 Å². The molecule has 2 aromatic rings. The van der Waals surface area contributed by atoms with Gasteiger partial charge < -0.3 is 11.1 Å². The number of halogens is 3. The maximum atomic E-state index is 12.1. The molecule has 2 aromatic carbocycles. The van der Waals surface area contributed by atoms with Gasteiger partial charge in [-0.05, 0) is 52.3 Å². The zero-order valence-corrected chi connectivity index (χ0v) is 14.3. The number of hydrogen-bond acceptors (Lipinski definition) is 2. The topological polar surface area (TPSA) is 55.1 Å². The maximum absolute atomic E-state index is 12.1. The summed E-state index contributed by atoms with van der Waals surface area (Å²) in [6.45, 7) is 0. The standard InChI is InChI=1S/C13H9Br3N2O/c14-7-2-4-12(10(16)5-7)18-13(19)9-3-1-8(15)6-11(9)17/h1-6H,17H2,(H,18,19). The summed E-state index contributed by atoms with van der Waals surface area (Å²) in [6, 6.07) is 10.7. The molecule has 0 aromatic heterocycles. The van der Waals surface area contributed by atoms with Gasteiger partial charge in [0.1, 0.15) is 0 Å². The molecular formula is C13H9Br3N2O. The lowest BCUT2D eigenvalue weighted by Crippen LogP contribution is -2.14. The van der Waals surface area contributed by atoms with E-state index in [1.54, 1.807) is 24.3 Å². The number of nitrogen functional groups attached to an aromatic ring is 1. The van der Waals surface area contributed by atoms with E-state index in [0.717, 1.165) is 13.4 Å². The molecule has 0 radical (unpaired) electrons. The van der Waals surface area contributed by atoms with Crippen LogP contribution in [0.4, 0.5) is 11.4 Å². The highest BCUT2D eigenvalue weighted by Gasteiger charge is 2.11. The van der Waals surface area contributed by atoms with Gasteiger partial charge in [0.25, 0.3) is 5.91 Å². The van der Waals surface area contributed by atoms with Crippen LogP contribution in [0.2, 0.25) is 0 Å². The van der Waals surface area contributed by atoms with Gasteiger partial charge in [0.15, 0.2) is 0 Å². The van der Waals surface area contributed by atoms with Gasteiger partial charge in [-0.25, -0.2) is 0 Å². The summed E-state index contributed by atoms with van der Waals surface area (Å²) in [5, 5.41) is 2.81. The monoisotopic (exact) mass is 446 g/mol. The van der Waals surface area contributed by atoms with Crippen molar-refractivity contribution in [1.82, 2.24) is 0 Å². The Morgan fingerprint density at radius 3 is 2.26 bits per heavy atom. The average molecular weight is 449 g/mol. The van der Waals surface area contributed by atoms with E-state index < -0.39 is 0 Å². The van der Waals surface area contributed by atoms with Crippen molar-refractivity contribution in [2.75, 3.05) is 11.1 Å². The molecule has 98 valence electrons. The van der Waals surface area contributed by atoms with Crippen LogP contribution in [0.25, 0.3) is 0 Å². The van der Waals surface area contributed by atoms with Crippen LogP contribution in [0.3, 0.4) is 0 Å².